The maximum absolute atomic E-state index is 13.6. The summed E-state index contributed by atoms with van der Waals surface area (Å²) in [5.41, 5.74) is 0.220. The Labute approximate surface area is 177 Å². The summed E-state index contributed by atoms with van der Waals surface area (Å²) in [6.45, 7) is 4.46. The summed E-state index contributed by atoms with van der Waals surface area (Å²) in [4.78, 5) is 17.9. The highest BCUT2D eigenvalue weighted by atomic mass is 19.4. The zero-order chi connectivity index (χ0) is 21.6. The Kier molecular flexibility index (Phi) is 4.92. The number of pyridine rings is 1. The molecular weight excluding hydrogens is 407 g/mol. The molecule has 3 aromatic rings. The standard InChI is InChI=1S/C22H22F3N5O/c1-14-13-31-12-11-29(14)21-27-19-16(6-4-9-26-19)20(28-21)30-10-8-18(30)15-5-2-3-7-17(15)22(23,24)25/h2-7,9,14,18H,8,10-13H2,1H3. The average Bonchev–Trinajstić information content (AvgIpc) is 2.73. The molecule has 6 nitrogen and oxygen atoms in total. The lowest BCUT2D eigenvalue weighted by atomic mass is 9.90. The van der Waals surface area contributed by atoms with E-state index < -0.39 is 17.8 Å². The number of halogens is 3. The molecule has 0 radical (unpaired) electrons. The normalized spacial score (nSPS) is 21.9. The number of alkyl halides is 3. The minimum Gasteiger partial charge on any atom is -0.377 e. The van der Waals surface area contributed by atoms with E-state index in [1.54, 1.807) is 24.4 Å². The fourth-order valence-electron chi connectivity index (χ4n) is 4.32. The Bertz CT molecular complexity index is 1110. The summed E-state index contributed by atoms with van der Waals surface area (Å²) in [6, 6.07) is 9.16. The second-order valence-electron chi connectivity index (χ2n) is 7.92. The molecule has 2 aliphatic heterocycles. The first-order valence-electron chi connectivity index (χ1n) is 10.3. The van der Waals surface area contributed by atoms with Gasteiger partial charge in [-0.15, -0.1) is 0 Å². The zero-order valence-corrected chi connectivity index (χ0v) is 17.0. The molecule has 1 aromatic carbocycles. The lowest BCUT2D eigenvalue weighted by Gasteiger charge is -2.44. The molecule has 31 heavy (non-hydrogen) atoms. The van der Waals surface area contributed by atoms with E-state index in [2.05, 4.69) is 14.9 Å². The van der Waals surface area contributed by atoms with Crippen molar-refractivity contribution in [2.45, 2.75) is 31.6 Å². The summed E-state index contributed by atoms with van der Waals surface area (Å²) in [5, 5.41) is 0.737. The van der Waals surface area contributed by atoms with Crippen molar-refractivity contribution in [1.29, 1.82) is 0 Å². The fraction of sp³-hybridized carbons (Fsp3) is 0.409. The molecule has 2 fully saturated rings. The summed E-state index contributed by atoms with van der Waals surface area (Å²) in [5.74, 6) is 1.16. The zero-order valence-electron chi connectivity index (χ0n) is 17.0. The van der Waals surface area contributed by atoms with Crippen LogP contribution in [0.3, 0.4) is 0 Å². The van der Waals surface area contributed by atoms with Gasteiger partial charge in [0, 0.05) is 19.3 Å². The number of fused-ring (bicyclic) bond motifs is 1. The van der Waals surface area contributed by atoms with Crippen LogP contribution in [-0.2, 0) is 10.9 Å². The molecule has 0 saturated carbocycles. The van der Waals surface area contributed by atoms with E-state index in [4.69, 9.17) is 9.72 Å². The number of nitrogens with zero attached hydrogens (tertiary/aromatic N) is 5. The van der Waals surface area contributed by atoms with Gasteiger partial charge in [-0.3, -0.25) is 0 Å². The molecule has 2 atom stereocenters. The van der Waals surface area contributed by atoms with Crippen LogP contribution < -0.4 is 9.80 Å². The smallest absolute Gasteiger partial charge is 0.377 e. The lowest BCUT2D eigenvalue weighted by Crippen LogP contribution is -2.46. The molecule has 2 saturated heterocycles. The molecule has 5 rings (SSSR count). The summed E-state index contributed by atoms with van der Waals surface area (Å²) in [6.07, 6.45) is -2.11. The summed E-state index contributed by atoms with van der Waals surface area (Å²) < 4.78 is 46.4. The van der Waals surface area contributed by atoms with Crippen LogP contribution in [0, 0.1) is 0 Å². The Balaban J connectivity index is 1.59. The molecule has 9 heteroatoms. The van der Waals surface area contributed by atoms with Gasteiger partial charge in [0.1, 0.15) is 5.82 Å². The van der Waals surface area contributed by atoms with Crippen molar-refractivity contribution in [3.8, 4) is 0 Å². The van der Waals surface area contributed by atoms with Gasteiger partial charge in [0.15, 0.2) is 5.65 Å². The molecule has 0 amide bonds. The fourth-order valence-corrected chi connectivity index (χ4v) is 4.32. The quantitative estimate of drug-likeness (QED) is 0.622. The summed E-state index contributed by atoms with van der Waals surface area (Å²) in [7, 11) is 0. The van der Waals surface area contributed by atoms with E-state index in [0.29, 0.717) is 50.1 Å². The number of rotatable bonds is 3. The van der Waals surface area contributed by atoms with Gasteiger partial charge >= 0.3 is 6.18 Å². The highest BCUT2D eigenvalue weighted by Crippen LogP contribution is 2.44. The molecule has 162 valence electrons. The van der Waals surface area contributed by atoms with Crippen molar-refractivity contribution in [1.82, 2.24) is 15.0 Å². The van der Waals surface area contributed by atoms with Crippen LogP contribution in [0.2, 0.25) is 0 Å². The van der Waals surface area contributed by atoms with Crippen LogP contribution in [0.1, 0.15) is 30.5 Å². The number of hydrogen-bond acceptors (Lipinski definition) is 6. The largest absolute Gasteiger partial charge is 0.416 e. The van der Waals surface area contributed by atoms with Gasteiger partial charge in [0.05, 0.1) is 36.2 Å². The molecule has 2 aromatic heterocycles. The van der Waals surface area contributed by atoms with Gasteiger partial charge in [0.2, 0.25) is 5.95 Å². The van der Waals surface area contributed by atoms with Crippen molar-refractivity contribution >= 4 is 22.8 Å². The monoisotopic (exact) mass is 429 g/mol. The van der Waals surface area contributed by atoms with Gasteiger partial charge in [-0.2, -0.15) is 23.1 Å². The van der Waals surface area contributed by atoms with Crippen LogP contribution in [-0.4, -0.2) is 47.3 Å². The number of morpholine rings is 1. The number of anilines is 2. The van der Waals surface area contributed by atoms with E-state index in [1.807, 2.05) is 17.9 Å². The third kappa shape index (κ3) is 3.56. The van der Waals surface area contributed by atoms with E-state index in [-0.39, 0.29) is 11.6 Å². The molecule has 2 aliphatic rings. The molecule has 0 spiro atoms. The Morgan fingerprint density at radius 3 is 2.61 bits per heavy atom. The van der Waals surface area contributed by atoms with E-state index in [1.165, 1.54) is 6.07 Å². The topological polar surface area (TPSA) is 54.4 Å². The van der Waals surface area contributed by atoms with Crippen LogP contribution in [0.15, 0.2) is 42.6 Å². The number of aromatic nitrogens is 3. The predicted molar refractivity (Wildman–Crippen MR) is 111 cm³/mol. The maximum atomic E-state index is 13.6. The highest BCUT2D eigenvalue weighted by molar-refractivity contribution is 5.88. The van der Waals surface area contributed by atoms with Crippen molar-refractivity contribution in [2.75, 3.05) is 36.1 Å². The second-order valence-corrected chi connectivity index (χ2v) is 7.92. The van der Waals surface area contributed by atoms with Crippen LogP contribution in [0.4, 0.5) is 24.9 Å². The lowest BCUT2D eigenvalue weighted by molar-refractivity contribution is -0.138. The highest BCUT2D eigenvalue weighted by Gasteiger charge is 2.40. The first-order chi connectivity index (χ1) is 14.9. The number of benzene rings is 1. The molecule has 4 heterocycles. The molecule has 0 bridgehead atoms. The Morgan fingerprint density at radius 1 is 1.03 bits per heavy atom. The molecule has 0 aliphatic carbocycles. The van der Waals surface area contributed by atoms with Gasteiger partial charge < -0.3 is 14.5 Å². The minimum atomic E-state index is -4.40. The van der Waals surface area contributed by atoms with Gasteiger partial charge in [-0.05, 0) is 37.1 Å². The average molecular weight is 429 g/mol. The second kappa shape index (κ2) is 7.64. The predicted octanol–water partition coefficient (Wildman–Crippen LogP) is 4.22. The third-order valence-electron chi connectivity index (χ3n) is 5.98. The molecule has 2 unspecified atom stereocenters. The molecule has 0 N–H and O–H groups in total. The SMILES string of the molecule is CC1COCCN1c1nc(N2CCC2c2ccccc2C(F)(F)F)c2cccnc2n1. The Hall–Kier alpha value is -2.94. The van der Waals surface area contributed by atoms with Gasteiger partial charge in [-0.1, -0.05) is 18.2 Å². The summed E-state index contributed by atoms with van der Waals surface area (Å²) >= 11 is 0. The minimum absolute atomic E-state index is 0.0981. The molecular formula is C22H22F3N5O. The van der Waals surface area contributed by atoms with Crippen LogP contribution >= 0.6 is 0 Å². The van der Waals surface area contributed by atoms with E-state index in [0.717, 1.165) is 11.5 Å². The first kappa shape index (κ1) is 20.0. The van der Waals surface area contributed by atoms with E-state index >= 15 is 0 Å². The van der Waals surface area contributed by atoms with Crippen molar-refractivity contribution in [2.24, 2.45) is 0 Å². The van der Waals surface area contributed by atoms with Gasteiger partial charge in [0.25, 0.3) is 0 Å². The van der Waals surface area contributed by atoms with E-state index in [9.17, 15) is 13.2 Å². The van der Waals surface area contributed by atoms with Crippen LogP contribution in [0.25, 0.3) is 11.0 Å². The maximum Gasteiger partial charge on any atom is 0.416 e. The van der Waals surface area contributed by atoms with Crippen molar-refractivity contribution < 1.29 is 17.9 Å². The van der Waals surface area contributed by atoms with Crippen molar-refractivity contribution in [3.63, 3.8) is 0 Å². The third-order valence-corrected chi connectivity index (χ3v) is 5.98. The first-order valence-corrected chi connectivity index (χ1v) is 10.3. The van der Waals surface area contributed by atoms with Gasteiger partial charge in [-0.25, -0.2) is 4.98 Å². The van der Waals surface area contributed by atoms with Crippen molar-refractivity contribution in [3.05, 3.63) is 53.7 Å². The number of ether oxygens (including phenoxy) is 1. The number of hydrogen-bond donors (Lipinski definition) is 0. The van der Waals surface area contributed by atoms with Crippen LogP contribution in [0.5, 0.6) is 0 Å². The Morgan fingerprint density at radius 2 is 1.87 bits per heavy atom.